The topological polar surface area (TPSA) is 39.1 Å². The minimum atomic E-state index is 0.353. The standard InChI is InChI=1S/C15H29N3O/c1-10(2)16-8-12(5)13(6)15-14(19-7)9-17-18(15)11(3)4/h9-13,16H,8H2,1-7H3. The van der Waals surface area contributed by atoms with Gasteiger partial charge < -0.3 is 10.1 Å². The fourth-order valence-electron chi connectivity index (χ4n) is 2.23. The predicted molar refractivity (Wildman–Crippen MR) is 79.9 cm³/mol. The quantitative estimate of drug-likeness (QED) is 0.824. The van der Waals surface area contributed by atoms with Crippen LogP contribution in [0.1, 0.15) is 59.2 Å². The number of methoxy groups -OCH3 is 1. The molecule has 0 spiro atoms. The van der Waals surface area contributed by atoms with Crippen molar-refractivity contribution in [1.82, 2.24) is 15.1 Å². The molecule has 1 aromatic heterocycles. The highest BCUT2D eigenvalue weighted by Gasteiger charge is 2.24. The molecule has 2 unspecified atom stereocenters. The molecule has 1 N–H and O–H groups in total. The second-order valence-electron chi connectivity index (χ2n) is 5.97. The molecule has 0 aliphatic rings. The monoisotopic (exact) mass is 267 g/mol. The Balaban J connectivity index is 2.90. The summed E-state index contributed by atoms with van der Waals surface area (Å²) in [5.74, 6) is 1.84. The van der Waals surface area contributed by atoms with E-state index in [1.54, 1.807) is 7.11 Å². The number of aromatic nitrogens is 2. The second kappa shape index (κ2) is 6.94. The maximum absolute atomic E-state index is 5.47. The van der Waals surface area contributed by atoms with Gasteiger partial charge in [0.05, 0.1) is 19.0 Å². The third-order valence-electron chi connectivity index (χ3n) is 3.64. The van der Waals surface area contributed by atoms with Crippen molar-refractivity contribution in [2.45, 2.75) is 59.5 Å². The van der Waals surface area contributed by atoms with Crippen LogP contribution in [-0.2, 0) is 0 Å². The zero-order chi connectivity index (χ0) is 14.6. The molecule has 4 heteroatoms. The van der Waals surface area contributed by atoms with Crippen molar-refractivity contribution >= 4 is 0 Å². The molecule has 0 fully saturated rings. The van der Waals surface area contributed by atoms with E-state index in [1.165, 1.54) is 5.69 Å². The minimum Gasteiger partial charge on any atom is -0.493 e. The van der Waals surface area contributed by atoms with Gasteiger partial charge in [-0.15, -0.1) is 0 Å². The van der Waals surface area contributed by atoms with E-state index in [0.717, 1.165) is 12.3 Å². The molecule has 19 heavy (non-hydrogen) atoms. The second-order valence-corrected chi connectivity index (χ2v) is 5.97. The molecule has 1 aromatic rings. The first-order valence-electron chi connectivity index (χ1n) is 7.23. The molecule has 2 atom stereocenters. The van der Waals surface area contributed by atoms with E-state index >= 15 is 0 Å². The Hall–Kier alpha value is -1.03. The molecule has 1 heterocycles. The Labute approximate surface area is 117 Å². The van der Waals surface area contributed by atoms with Crippen molar-refractivity contribution in [1.29, 1.82) is 0 Å². The third-order valence-corrected chi connectivity index (χ3v) is 3.64. The highest BCUT2D eigenvalue weighted by Crippen LogP contribution is 2.33. The largest absolute Gasteiger partial charge is 0.493 e. The van der Waals surface area contributed by atoms with Crippen LogP contribution in [-0.4, -0.2) is 29.5 Å². The summed E-state index contributed by atoms with van der Waals surface area (Å²) in [5, 5.41) is 7.96. The summed E-state index contributed by atoms with van der Waals surface area (Å²) in [7, 11) is 1.72. The summed E-state index contributed by atoms with van der Waals surface area (Å²) in [6.07, 6.45) is 1.83. The maximum atomic E-state index is 5.47. The molecule has 0 saturated heterocycles. The van der Waals surface area contributed by atoms with E-state index in [0.29, 0.717) is 23.9 Å². The number of nitrogens with one attached hydrogen (secondary N) is 1. The van der Waals surface area contributed by atoms with Crippen LogP contribution in [0.3, 0.4) is 0 Å². The lowest BCUT2D eigenvalue weighted by Gasteiger charge is -2.24. The van der Waals surface area contributed by atoms with Crippen LogP contribution < -0.4 is 10.1 Å². The van der Waals surface area contributed by atoms with Crippen LogP contribution in [0.15, 0.2) is 6.20 Å². The number of rotatable bonds is 7. The van der Waals surface area contributed by atoms with Crippen LogP contribution in [0.25, 0.3) is 0 Å². The van der Waals surface area contributed by atoms with Gasteiger partial charge in [-0.05, 0) is 26.3 Å². The first-order valence-corrected chi connectivity index (χ1v) is 7.23. The smallest absolute Gasteiger partial charge is 0.160 e. The maximum Gasteiger partial charge on any atom is 0.160 e. The average molecular weight is 267 g/mol. The molecule has 0 radical (unpaired) electrons. The van der Waals surface area contributed by atoms with Crippen molar-refractivity contribution in [3.05, 3.63) is 11.9 Å². The van der Waals surface area contributed by atoms with Gasteiger partial charge in [0.2, 0.25) is 0 Å². The summed E-state index contributed by atoms with van der Waals surface area (Å²) in [5.41, 5.74) is 1.20. The Bertz CT molecular complexity index is 385. The molecule has 0 aliphatic carbocycles. The minimum absolute atomic E-state index is 0.353. The molecular weight excluding hydrogens is 238 g/mol. The van der Waals surface area contributed by atoms with E-state index in [1.807, 2.05) is 6.20 Å². The molecule has 0 saturated carbocycles. The normalized spacial score (nSPS) is 15.0. The Morgan fingerprint density at radius 2 is 1.84 bits per heavy atom. The number of ether oxygens (including phenoxy) is 1. The van der Waals surface area contributed by atoms with Gasteiger partial charge in [-0.1, -0.05) is 27.7 Å². The fraction of sp³-hybridized carbons (Fsp3) is 0.800. The highest BCUT2D eigenvalue weighted by molar-refractivity contribution is 5.29. The number of hydrogen-bond donors (Lipinski definition) is 1. The number of hydrogen-bond acceptors (Lipinski definition) is 3. The van der Waals surface area contributed by atoms with Gasteiger partial charge in [-0.3, -0.25) is 4.68 Å². The summed E-state index contributed by atoms with van der Waals surface area (Å²) in [6.45, 7) is 14.2. The zero-order valence-electron chi connectivity index (χ0n) is 13.4. The Morgan fingerprint density at radius 3 is 2.32 bits per heavy atom. The summed E-state index contributed by atoms with van der Waals surface area (Å²) in [4.78, 5) is 0. The van der Waals surface area contributed by atoms with Crippen LogP contribution in [0.4, 0.5) is 0 Å². The van der Waals surface area contributed by atoms with Crippen LogP contribution in [0, 0.1) is 5.92 Å². The van der Waals surface area contributed by atoms with Gasteiger partial charge in [-0.25, -0.2) is 0 Å². The Kier molecular flexibility index (Phi) is 5.85. The predicted octanol–water partition coefficient (Wildman–Crippen LogP) is 3.21. The van der Waals surface area contributed by atoms with E-state index in [2.05, 4.69) is 56.6 Å². The van der Waals surface area contributed by atoms with Crippen LogP contribution >= 0.6 is 0 Å². The Morgan fingerprint density at radius 1 is 1.21 bits per heavy atom. The van der Waals surface area contributed by atoms with Gasteiger partial charge in [0.15, 0.2) is 5.75 Å². The van der Waals surface area contributed by atoms with E-state index in [4.69, 9.17) is 4.74 Å². The van der Waals surface area contributed by atoms with Crippen molar-refractivity contribution in [2.75, 3.05) is 13.7 Å². The van der Waals surface area contributed by atoms with Crippen molar-refractivity contribution in [3.8, 4) is 5.75 Å². The third kappa shape index (κ3) is 3.96. The molecular formula is C15H29N3O. The molecule has 0 aromatic carbocycles. The van der Waals surface area contributed by atoms with Gasteiger partial charge in [0, 0.05) is 18.0 Å². The van der Waals surface area contributed by atoms with E-state index in [9.17, 15) is 0 Å². The van der Waals surface area contributed by atoms with Crippen molar-refractivity contribution in [3.63, 3.8) is 0 Å². The lowest BCUT2D eigenvalue weighted by atomic mass is 9.91. The average Bonchev–Trinajstić information content (AvgIpc) is 2.78. The first kappa shape index (κ1) is 16.0. The van der Waals surface area contributed by atoms with Gasteiger partial charge >= 0.3 is 0 Å². The summed E-state index contributed by atoms with van der Waals surface area (Å²) in [6, 6.07) is 0.873. The first-order chi connectivity index (χ1) is 8.88. The van der Waals surface area contributed by atoms with E-state index in [-0.39, 0.29) is 0 Å². The molecule has 1 rings (SSSR count). The number of nitrogens with zero attached hydrogens (tertiary/aromatic N) is 2. The van der Waals surface area contributed by atoms with Crippen molar-refractivity contribution < 1.29 is 4.74 Å². The molecule has 0 amide bonds. The fourth-order valence-corrected chi connectivity index (χ4v) is 2.23. The summed E-state index contributed by atoms with van der Waals surface area (Å²) >= 11 is 0. The zero-order valence-corrected chi connectivity index (χ0v) is 13.4. The molecule has 4 nitrogen and oxygen atoms in total. The molecule has 0 aliphatic heterocycles. The van der Waals surface area contributed by atoms with E-state index < -0.39 is 0 Å². The lowest BCUT2D eigenvalue weighted by molar-refractivity contribution is 0.365. The van der Waals surface area contributed by atoms with Crippen LogP contribution in [0.2, 0.25) is 0 Å². The molecule has 0 bridgehead atoms. The summed E-state index contributed by atoms with van der Waals surface area (Å²) < 4.78 is 7.55. The molecule has 110 valence electrons. The van der Waals surface area contributed by atoms with Gasteiger partial charge in [0.25, 0.3) is 0 Å². The lowest BCUT2D eigenvalue weighted by Crippen LogP contribution is -2.30. The van der Waals surface area contributed by atoms with Crippen molar-refractivity contribution in [2.24, 2.45) is 5.92 Å². The van der Waals surface area contributed by atoms with Gasteiger partial charge in [0.1, 0.15) is 0 Å². The highest BCUT2D eigenvalue weighted by atomic mass is 16.5. The van der Waals surface area contributed by atoms with Crippen LogP contribution in [0.5, 0.6) is 5.75 Å². The SMILES string of the molecule is COc1cnn(C(C)C)c1C(C)C(C)CNC(C)C. The van der Waals surface area contributed by atoms with Gasteiger partial charge in [-0.2, -0.15) is 5.10 Å².